The van der Waals surface area contributed by atoms with E-state index in [1.807, 2.05) is 59.3 Å². The molecule has 37 heavy (non-hydrogen) atoms. The van der Waals surface area contributed by atoms with Crippen LogP contribution in [0.2, 0.25) is 5.02 Å². The van der Waals surface area contributed by atoms with Crippen LogP contribution in [0.1, 0.15) is 26.5 Å². The molecule has 3 aromatic carbocycles. The Balaban J connectivity index is 1.58. The van der Waals surface area contributed by atoms with Gasteiger partial charge >= 0.3 is 0 Å². The Labute approximate surface area is 220 Å². The fraction of sp³-hybridized carbons (Fsp3) is 0.207. The van der Waals surface area contributed by atoms with E-state index in [4.69, 9.17) is 30.9 Å². The summed E-state index contributed by atoms with van der Waals surface area (Å²) in [5, 5.41) is 6.29. The summed E-state index contributed by atoms with van der Waals surface area (Å²) in [5.74, 6) is 2.21. The molecule has 0 unspecified atom stereocenters. The summed E-state index contributed by atoms with van der Waals surface area (Å²) >= 11 is 6.30. The molecule has 0 radical (unpaired) electrons. The van der Waals surface area contributed by atoms with Gasteiger partial charge in [-0.2, -0.15) is 5.10 Å². The number of aromatic nitrogens is 4. The van der Waals surface area contributed by atoms with E-state index in [9.17, 15) is 0 Å². The molecule has 0 atom stereocenters. The average Bonchev–Trinajstić information content (AvgIpc) is 3.35. The summed E-state index contributed by atoms with van der Waals surface area (Å²) in [6.07, 6.45) is 1.47. The van der Waals surface area contributed by atoms with Gasteiger partial charge in [-0.3, -0.25) is 0 Å². The Morgan fingerprint density at radius 3 is 2.32 bits per heavy atom. The largest absolute Gasteiger partial charge is 0.493 e. The highest BCUT2D eigenvalue weighted by Crippen LogP contribution is 2.37. The van der Waals surface area contributed by atoms with Gasteiger partial charge in [0.2, 0.25) is 5.88 Å². The van der Waals surface area contributed by atoms with Crippen molar-refractivity contribution in [3.8, 4) is 40.1 Å². The van der Waals surface area contributed by atoms with E-state index in [0.717, 1.165) is 22.6 Å². The molecule has 0 aliphatic carbocycles. The molecule has 0 N–H and O–H groups in total. The van der Waals surface area contributed by atoms with Crippen molar-refractivity contribution in [1.82, 2.24) is 19.7 Å². The van der Waals surface area contributed by atoms with Gasteiger partial charge in [-0.1, -0.05) is 50.6 Å². The number of hydrogen-bond donors (Lipinski definition) is 0. The minimum atomic E-state index is -0.132. The number of nitrogens with zero attached hydrogens (tertiary/aromatic N) is 4. The first-order valence-electron chi connectivity index (χ1n) is 11.8. The van der Waals surface area contributed by atoms with Crippen LogP contribution < -0.4 is 14.2 Å². The maximum atomic E-state index is 6.30. The first-order chi connectivity index (χ1) is 17.8. The second-order valence-corrected chi connectivity index (χ2v) is 10.0. The molecule has 5 rings (SSSR count). The third-order valence-electron chi connectivity index (χ3n) is 5.98. The molecule has 0 aliphatic rings. The lowest BCUT2D eigenvalue weighted by Gasteiger charge is -2.14. The van der Waals surface area contributed by atoms with Crippen molar-refractivity contribution in [2.75, 3.05) is 14.2 Å². The maximum absolute atomic E-state index is 6.30. The molecule has 7 nitrogen and oxygen atoms in total. The molecule has 2 aromatic heterocycles. The van der Waals surface area contributed by atoms with Crippen LogP contribution in [0.4, 0.5) is 0 Å². The second kappa shape index (κ2) is 9.75. The Morgan fingerprint density at radius 2 is 1.59 bits per heavy atom. The predicted molar refractivity (Wildman–Crippen MR) is 145 cm³/mol. The molecule has 0 aliphatic heterocycles. The fourth-order valence-electron chi connectivity index (χ4n) is 4.03. The Bertz CT molecular complexity index is 1590. The zero-order valence-corrected chi connectivity index (χ0v) is 22.1. The maximum Gasteiger partial charge on any atom is 0.230 e. The molecule has 188 valence electrons. The van der Waals surface area contributed by atoms with Crippen LogP contribution in [0.5, 0.6) is 23.1 Å². The van der Waals surface area contributed by atoms with E-state index in [0.29, 0.717) is 39.1 Å². The van der Waals surface area contributed by atoms with Gasteiger partial charge in [0.1, 0.15) is 12.1 Å². The summed E-state index contributed by atoms with van der Waals surface area (Å²) in [6.45, 7) is 6.43. The van der Waals surface area contributed by atoms with Gasteiger partial charge in [-0.05, 0) is 42.5 Å². The van der Waals surface area contributed by atoms with Crippen LogP contribution >= 0.6 is 11.6 Å². The highest BCUT2D eigenvalue weighted by molar-refractivity contribution is 6.30. The van der Waals surface area contributed by atoms with Gasteiger partial charge < -0.3 is 14.2 Å². The molecule has 5 aromatic rings. The number of hydrogen-bond acceptors (Lipinski definition) is 6. The van der Waals surface area contributed by atoms with Crippen molar-refractivity contribution >= 4 is 22.5 Å². The molecule has 0 fully saturated rings. The van der Waals surface area contributed by atoms with E-state index in [-0.39, 0.29) is 5.41 Å². The number of benzene rings is 3. The minimum absolute atomic E-state index is 0.132. The zero-order valence-electron chi connectivity index (χ0n) is 21.3. The van der Waals surface area contributed by atoms with Crippen LogP contribution in [0, 0.1) is 0 Å². The molecule has 0 spiro atoms. The monoisotopic (exact) mass is 514 g/mol. The molecule has 2 heterocycles. The van der Waals surface area contributed by atoms with E-state index < -0.39 is 0 Å². The molecule has 0 saturated carbocycles. The standard InChI is InChI=1S/C29H27ClN4O3/c1-29(2,3)27-16-24(34(33-27)20-10-7-9-19(30)13-20)18-8-6-11-21(12-18)37-28-22-14-25(35-4)26(36-5)15-23(22)31-17-32-28/h6-17H,1-5H3. The summed E-state index contributed by atoms with van der Waals surface area (Å²) < 4.78 is 19.1. The summed E-state index contributed by atoms with van der Waals surface area (Å²) in [5.41, 5.74) is 4.28. The predicted octanol–water partition coefficient (Wildman–Crippen LogP) is 7.24. The van der Waals surface area contributed by atoms with Gasteiger partial charge in [-0.15, -0.1) is 0 Å². The number of halogens is 1. The van der Waals surface area contributed by atoms with Crippen LogP contribution in [0.3, 0.4) is 0 Å². The second-order valence-electron chi connectivity index (χ2n) is 9.59. The van der Waals surface area contributed by atoms with Crippen LogP contribution in [-0.4, -0.2) is 34.0 Å². The molecular formula is C29H27ClN4O3. The Kier molecular flexibility index (Phi) is 6.48. The summed E-state index contributed by atoms with van der Waals surface area (Å²) in [6, 6.07) is 21.2. The number of methoxy groups -OCH3 is 2. The van der Waals surface area contributed by atoms with E-state index in [1.165, 1.54) is 6.33 Å². The third-order valence-corrected chi connectivity index (χ3v) is 6.21. The van der Waals surface area contributed by atoms with Crippen molar-refractivity contribution < 1.29 is 14.2 Å². The Morgan fingerprint density at radius 1 is 0.838 bits per heavy atom. The van der Waals surface area contributed by atoms with Gasteiger partial charge in [0.05, 0.1) is 42.2 Å². The van der Waals surface area contributed by atoms with Crippen molar-refractivity contribution in [2.24, 2.45) is 0 Å². The first kappa shape index (κ1) is 24.6. The van der Waals surface area contributed by atoms with Crippen molar-refractivity contribution in [1.29, 1.82) is 0 Å². The SMILES string of the molecule is COc1cc2ncnc(Oc3cccc(-c4cc(C(C)(C)C)nn4-c4cccc(Cl)c4)c3)c2cc1OC. The smallest absolute Gasteiger partial charge is 0.230 e. The highest BCUT2D eigenvalue weighted by Gasteiger charge is 2.22. The van der Waals surface area contributed by atoms with Crippen LogP contribution in [0.25, 0.3) is 27.8 Å². The molecule has 0 bridgehead atoms. The van der Waals surface area contributed by atoms with Crippen LogP contribution in [-0.2, 0) is 5.41 Å². The van der Waals surface area contributed by atoms with E-state index in [2.05, 4.69) is 36.8 Å². The van der Waals surface area contributed by atoms with E-state index in [1.54, 1.807) is 20.3 Å². The van der Waals surface area contributed by atoms with Gasteiger partial charge in [0.15, 0.2) is 11.5 Å². The quantitative estimate of drug-likeness (QED) is 0.238. The first-order valence-corrected chi connectivity index (χ1v) is 12.2. The van der Waals surface area contributed by atoms with Gasteiger partial charge in [0.25, 0.3) is 0 Å². The number of rotatable bonds is 6. The van der Waals surface area contributed by atoms with E-state index >= 15 is 0 Å². The number of fused-ring (bicyclic) bond motifs is 1. The van der Waals surface area contributed by atoms with Crippen molar-refractivity contribution in [3.63, 3.8) is 0 Å². The van der Waals surface area contributed by atoms with Gasteiger partial charge in [-0.25, -0.2) is 14.6 Å². The normalized spacial score (nSPS) is 11.5. The third kappa shape index (κ3) is 4.95. The van der Waals surface area contributed by atoms with Crippen LogP contribution in [0.15, 0.2) is 73.1 Å². The zero-order chi connectivity index (χ0) is 26.2. The minimum Gasteiger partial charge on any atom is -0.493 e. The number of ether oxygens (including phenoxy) is 3. The summed E-state index contributed by atoms with van der Waals surface area (Å²) in [4.78, 5) is 8.75. The van der Waals surface area contributed by atoms with Crippen molar-refractivity contribution in [2.45, 2.75) is 26.2 Å². The molecule has 0 saturated heterocycles. The highest BCUT2D eigenvalue weighted by atomic mass is 35.5. The lowest BCUT2D eigenvalue weighted by molar-refractivity contribution is 0.355. The lowest BCUT2D eigenvalue weighted by atomic mass is 9.92. The lowest BCUT2D eigenvalue weighted by Crippen LogP contribution is -2.12. The molecule has 8 heteroatoms. The average molecular weight is 515 g/mol. The topological polar surface area (TPSA) is 71.3 Å². The fourth-order valence-corrected chi connectivity index (χ4v) is 4.21. The molecular weight excluding hydrogens is 488 g/mol. The van der Waals surface area contributed by atoms with Crippen molar-refractivity contribution in [3.05, 3.63) is 83.8 Å². The molecule has 0 amide bonds. The van der Waals surface area contributed by atoms with Gasteiger partial charge in [0, 0.05) is 22.1 Å². The Hall–Kier alpha value is -4.10. The summed E-state index contributed by atoms with van der Waals surface area (Å²) in [7, 11) is 3.18.